The normalized spacial score (nSPS) is 48.7. The van der Waals surface area contributed by atoms with Crippen LogP contribution in [0.2, 0.25) is 0 Å². The number of ether oxygens (including phenoxy) is 8. The van der Waals surface area contributed by atoms with Gasteiger partial charge in [-0.25, -0.2) is 0 Å². The zero-order valence-corrected chi connectivity index (χ0v) is 39.0. The second-order valence-electron chi connectivity index (χ2n) is 20.8. The molecule has 0 aliphatic carbocycles. The molecule has 0 amide bonds. The Bertz CT molecular complexity index is 1600. The van der Waals surface area contributed by atoms with Crippen molar-refractivity contribution >= 4 is 11.8 Å². The Balaban J connectivity index is 1.22. The lowest BCUT2D eigenvalue weighted by molar-refractivity contribution is -0.389. The van der Waals surface area contributed by atoms with Gasteiger partial charge in [-0.15, -0.1) is 0 Å². The summed E-state index contributed by atoms with van der Waals surface area (Å²) in [6.07, 6.45) is 0.801. The Morgan fingerprint density at radius 3 is 2.26 bits per heavy atom. The first-order chi connectivity index (χ1) is 29.0. The summed E-state index contributed by atoms with van der Waals surface area (Å²) < 4.78 is 53.0. The number of rotatable bonds is 14. The molecule has 0 aromatic carbocycles. The number of ketones is 1. The molecule has 6 aliphatic heterocycles. The predicted molar refractivity (Wildman–Crippen MR) is 225 cm³/mol. The number of hydrogen-bond acceptors (Lipinski definition) is 14. The summed E-state index contributed by atoms with van der Waals surface area (Å²) in [6.45, 7) is 18.8. The third-order valence-corrected chi connectivity index (χ3v) is 15.8. The van der Waals surface area contributed by atoms with Crippen molar-refractivity contribution in [2.45, 2.75) is 212 Å². The highest BCUT2D eigenvalue weighted by molar-refractivity contribution is 5.97. The number of carboxylic acid groups (broad SMARTS) is 1. The highest BCUT2D eigenvalue weighted by Crippen LogP contribution is 2.57. The summed E-state index contributed by atoms with van der Waals surface area (Å²) in [5, 5.41) is 53.8. The Kier molecular flexibility index (Phi) is 15.2. The number of Topliss-reactive ketones (excluding diaryl/α,β-unsaturated/α-hetero) is 1. The first-order valence-electron chi connectivity index (χ1n) is 23.3. The number of aliphatic carboxylic acids is 1. The highest BCUT2D eigenvalue weighted by atomic mass is 16.8. The Hall–Kier alpha value is -1.60. The maximum absolute atomic E-state index is 13.7. The molecule has 356 valence electrons. The van der Waals surface area contributed by atoms with Gasteiger partial charge in [0, 0.05) is 61.9 Å². The van der Waals surface area contributed by atoms with Gasteiger partial charge in [-0.3, -0.25) is 9.59 Å². The molecule has 2 spiro atoms. The number of methoxy groups -OCH3 is 1. The molecule has 6 fully saturated rings. The van der Waals surface area contributed by atoms with Crippen molar-refractivity contribution in [2.24, 2.45) is 40.9 Å². The van der Waals surface area contributed by atoms with E-state index in [1.54, 1.807) is 21.0 Å². The average molecular weight is 883 g/mol. The molecule has 0 saturated carbocycles. The zero-order chi connectivity index (χ0) is 45.7. The summed E-state index contributed by atoms with van der Waals surface area (Å²) in [5.74, 6) is -6.88. The van der Waals surface area contributed by atoms with Gasteiger partial charge in [0.15, 0.2) is 29.4 Å². The first kappa shape index (κ1) is 49.8. The van der Waals surface area contributed by atoms with Gasteiger partial charge >= 0.3 is 5.97 Å². The van der Waals surface area contributed by atoms with Crippen molar-refractivity contribution in [3.63, 3.8) is 0 Å². The first-order valence-corrected chi connectivity index (χ1v) is 23.3. The fraction of sp³-hybridized carbons (Fsp3) is 0.915. The Morgan fingerprint density at radius 2 is 1.65 bits per heavy atom. The summed E-state index contributed by atoms with van der Waals surface area (Å²) in [7, 11) is 1.55. The second kappa shape index (κ2) is 18.9. The number of aliphatic hydroxyl groups excluding tert-OH is 3. The maximum Gasteiger partial charge on any atom is 0.306 e. The van der Waals surface area contributed by atoms with Crippen LogP contribution in [-0.2, 0) is 47.5 Å². The third kappa shape index (κ3) is 9.62. The van der Waals surface area contributed by atoms with Gasteiger partial charge < -0.3 is 63.4 Å². The topological polar surface area (TPSA) is 209 Å². The van der Waals surface area contributed by atoms with Crippen LogP contribution in [0, 0.1) is 40.9 Å². The molecular formula is C47H78O15. The number of carbonyl (C=O) groups excluding carboxylic acids is 1. The van der Waals surface area contributed by atoms with Crippen LogP contribution in [0.5, 0.6) is 0 Å². The highest BCUT2D eigenvalue weighted by Gasteiger charge is 2.65. The molecule has 5 N–H and O–H groups in total. The van der Waals surface area contributed by atoms with E-state index in [0.29, 0.717) is 44.1 Å². The van der Waals surface area contributed by atoms with Gasteiger partial charge in [-0.1, -0.05) is 61.5 Å². The van der Waals surface area contributed by atoms with Crippen LogP contribution in [-0.4, -0.2) is 136 Å². The van der Waals surface area contributed by atoms with E-state index in [1.807, 2.05) is 40.7 Å². The molecule has 0 aromatic rings. The van der Waals surface area contributed by atoms with Crippen LogP contribution in [0.1, 0.15) is 133 Å². The van der Waals surface area contributed by atoms with E-state index in [2.05, 4.69) is 20.8 Å². The van der Waals surface area contributed by atoms with Crippen LogP contribution < -0.4 is 0 Å². The fourth-order valence-corrected chi connectivity index (χ4v) is 11.6. The van der Waals surface area contributed by atoms with E-state index >= 15 is 0 Å². The van der Waals surface area contributed by atoms with Crippen molar-refractivity contribution in [3.8, 4) is 0 Å². The lowest BCUT2D eigenvalue weighted by atomic mass is 9.72. The van der Waals surface area contributed by atoms with Crippen LogP contribution in [0.15, 0.2) is 11.6 Å². The number of allylic oxidation sites excluding steroid dienone is 2. The van der Waals surface area contributed by atoms with E-state index in [-0.39, 0.29) is 61.7 Å². The summed E-state index contributed by atoms with van der Waals surface area (Å²) in [5.41, 5.74) is -1.14. The molecule has 15 heteroatoms. The van der Waals surface area contributed by atoms with Crippen LogP contribution in [0.4, 0.5) is 0 Å². The maximum atomic E-state index is 13.7. The van der Waals surface area contributed by atoms with E-state index in [9.17, 15) is 35.1 Å². The monoisotopic (exact) mass is 883 g/mol. The molecule has 0 aromatic heterocycles. The Morgan fingerprint density at radius 1 is 0.935 bits per heavy atom. The van der Waals surface area contributed by atoms with E-state index in [1.165, 1.54) is 0 Å². The smallest absolute Gasteiger partial charge is 0.306 e. The third-order valence-electron chi connectivity index (χ3n) is 15.8. The van der Waals surface area contributed by atoms with Gasteiger partial charge in [0.05, 0.1) is 67.5 Å². The summed E-state index contributed by atoms with van der Waals surface area (Å²) >= 11 is 0. The minimum Gasteiger partial charge on any atom is -0.481 e. The zero-order valence-electron chi connectivity index (χ0n) is 39.0. The predicted octanol–water partition coefficient (Wildman–Crippen LogP) is 5.27. The molecule has 6 saturated heterocycles. The fourth-order valence-electron chi connectivity index (χ4n) is 11.6. The van der Waals surface area contributed by atoms with Crippen molar-refractivity contribution < 1.29 is 73.0 Å². The standard InChI is InChI=1S/C47H78O15/c1-12-13-32(39(51)25(2)16-27(4)42(52)53)21-43(9)24-56-45(22-36(43)50)15-14-44(10,62-45)37-20-34(58-38-19-33(49)41(55-11)31(8)57-38)30(7)47(60-37)29(6)18-35(59-47)40-26(3)17-28(5)46(54,23-48)61-40/h13,25-31,33-38,40-41,48-50,54H,12,14-24H2,1-11H3,(H,52,53)/b32-13+/t25?,26-,27?,28+,29+,30+,31+,33+,34-,35?,36-,37?,38+,40?,41+,43-,44-,45?,46-,47?/m0/s1. The van der Waals surface area contributed by atoms with Crippen molar-refractivity contribution in [3.05, 3.63) is 11.6 Å². The lowest BCUT2D eigenvalue weighted by Crippen LogP contribution is -2.63. The van der Waals surface area contributed by atoms with Gasteiger partial charge in [0.1, 0.15) is 6.10 Å². The van der Waals surface area contributed by atoms with Crippen LogP contribution in [0.3, 0.4) is 0 Å². The number of hydrogen-bond donors (Lipinski definition) is 5. The number of carboxylic acids is 1. The van der Waals surface area contributed by atoms with Crippen LogP contribution in [0.25, 0.3) is 0 Å². The second-order valence-corrected chi connectivity index (χ2v) is 20.8. The quantitative estimate of drug-likeness (QED) is 0.141. The minimum atomic E-state index is -1.69. The molecule has 0 radical (unpaired) electrons. The molecule has 6 aliphatic rings. The lowest BCUT2D eigenvalue weighted by Gasteiger charge is -2.54. The molecule has 7 unspecified atom stereocenters. The van der Waals surface area contributed by atoms with E-state index in [4.69, 9.17) is 37.9 Å². The molecule has 62 heavy (non-hydrogen) atoms. The minimum absolute atomic E-state index is 0.0325. The van der Waals surface area contributed by atoms with Crippen molar-refractivity contribution in [2.75, 3.05) is 20.3 Å². The SMILES string of the molecule is CC/C=C(\C[C@@]1(C)COC2(CC[C@@](C)(C3C[C@H](O[C@@H]4C[C@@H](O)[C@H](OC)[C@@H](C)O4)[C@@H](C)C4(OC(C5O[C@@](O)(CO)[C@H](C)C[C@@H]5C)C[C@H]4C)O3)O2)C[C@@H]1O)C(=O)C(C)CC(C)C(=O)O. The van der Waals surface area contributed by atoms with Crippen LogP contribution >= 0.6 is 0 Å². The van der Waals surface area contributed by atoms with Crippen molar-refractivity contribution in [1.82, 2.24) is 0 Å². The summed E-state index contributed by atoms with van der Waals surface area (Å²) in [6, 6.07) is 0. The molecular weight excluding hydrogens is 805 g/mol. The van der Waals surface area contributed by atoms with E-state index in [0.717, 1.165) is 0 Å². The molecule has 0 bridgehead atoms. The Labute approximate surface area is 368 Å². The molecule has 20 atom stereocenters. The molecule has 15 nitrogen and oxygen atoms in total. The van der Waals surface area contributed by atoms with E-state index < -0.39 is 108 Å². The van der Waals surface area contributed by atoms with Crippen molar-refractivity contribution in [1.29, 1.82) is 0 Å². The molecule has 6 rings (SSSR count). The molecule has 6 heterocycles. The van der Waals surface area contributed by atoms with Gasteiger partial charge in [-0.2, -0.15) is 0 Å². The van der Waals surface area contributed by atoms with Gasteiger partial charge in [-0.05, 0) is 63.9 Å². The van der Waals surface area contributed by atoms with Gasteiger partial charge in [0.25, 0.3) is 0 Å². The average Bonchev–Trinajstić information content (AvgIpc) is 3.72. The van der Waals surface area contributed by atoms with Gasteiger partial charge in [0.2, 0.25) is 0 Å². The number of aliphatic hydroxyl groups is 4. The largest absolute Gasteiger partial charge is 0.481 e. The summed E-state index contributed by atoms with van der Waals surface area (Å²) in [4.78, 5) is 25.2. The number of carbonyl (C=O) groups is 2.